The average molecular weight is 353 g/mol. The maximum Gasteiger partial charge on any atom is 0.243 e. The minimum absolute atomic E-state index is 0.122. The summed E-state index contributed by atoms with van der Waals surface area (Å²) in [7, 11) is -3.67. The molecule has 1 saturated carbocycles. The van der Waals surface area contributed by atoms with Crippen LogP contribution < -0.4 is 5.32 Å². The Labute approximate surface area is 145 Å². The first-order chi connectivity index (χ1) is 11.3. The van der Waals surface area contributed by atoms with Crippen LogP contribution in [0.3, 0.4) is 0 Å². The first-order valence-corrected chi connectivity index (χ1v) is 10.2. The zero-order chi connectivity index (χ0) is 17.7. The van der Waals surface area contributed by atoms with Crippen LogP contribution in [0.1, 0.15) is 50.2 Å². The van der Waals surface area contributed by atoms with E-state index in [-0.39, 0.29) is 29.9 Å². The number of nitrogens with zero attached hydrogens (tertiary/aromatic N) is 1. The number of aryl methyl sites for hydroxylation is 2. The van der Waals surface area contributed by atoms with Crippen LogP contribution >= 0.6 is 0 Å². The van der Waals surface area contributed by atoms with Crippen molar-refractivity contribution < 1.29 is 13.2 Å². The van der Waals surface area contributed by atoms with Gasteiger partial charge >= 0.3 is 0 Å². The molecule has 1 aliphatic carbocycles. The number of hydrogen-bond donors (Lipinski definition) is 1. The molecule has 0 aromatic heterocycles. The van der Waals surface area contributed by atoms with Gasteiger partial charge in [0.1, 0.15) is 0 Å². The zero-order valence-electron chi connectivity index (χ0n) is 14.8. The topological polar surface area (TPSA) is 66.5 Å². The van der Waals surface area contributed by atoms with Crippen LogP contribution in [-0.4, -0.2) is 37.8 Å². The molecule has 0 saturated heterocycles. The van der Waals surface area contributed by atoms with Crippen LogP contribution in [0.25, 0.3) is 0 Å². The fraction of sp³-hybridized carbons (Fsp3) is 0.611. The van der Waals surface area contributed by atoms with E-state index in [4.69, 9.17) is 0 Å². The number of amides is 1. The molecule has 0 unspecified atom stereocenters. The summed E-state index contributed by atoms with van der Waals surface area (Å²) in [4.78, 5) is 12.6. The van der Waals surface area contributed by atoms with Gasteiger partial charge in [-0.3, -0.25) is 4.79 Å². The fourth-order valence-corrected chi connectivity index (χ4v) is 4.89. The lowest BCUT2D eigenvalue weighted by molar-refractivity contribution is -0.122. The van der Waals surface area contributed by atoms with Gasteiger partial charge in [0.2, 0.25) is 15.9 Å². The number of nitrogens with one attached hydrogen (secondary N) is 1. The van der Waals surface area contributed by atoms with Crippen molar-refractivity contribution in [2.24, 2.45) is 0 Å². The van der Waals surface area contributed by atoms with E-state index in [1.807, 2.05) is 13.0 Å². The molecule has 24 heavy (non-hydrogen) atoms. The van der Waals surface area contributed by atoms with Crippen molar-refractivity contribution in [1.29, 1.82) is 0 Å². The van der Waals surface area contributed by atoms with E-state index in [9.17, 15) is 13.2 Å². The molecule has 1 amide bonds. The van der Waals surface area contributed by atoms with E-state index >= 15 is 0 Å². The smallest absolute Gasteiger partial charge is 0.243 e. The van der Waals surface area contributed by atoms with E-state index in [0.29, 0.717) is 5.56 Å². The van der Waals surface area contributed by atoms with Crippen molar-refractivity contribution in [2.75, 3.05) is 13.1 Å². The Hall–Kier alpha value is -1.40. The zero-order valence-corrected chi connectivity index (χ0v) is 15.7. The van der Waals surface area contributed by atoms with Crippen molar-refractivity contribution in [3.63, 3.8) is 0 Å². The van der Waals surface area contributed by atoms with Gasteiger partial charge in [-0.25, -0.2) is 8.42 Å². The number of carbonyl (C=O) groups is 1. The maximum atomic E-state index is 12.9. The summed E-state index contributed by atoms with van der Waals surface area (Å²) < 4.78 is 27.1. The Morgan fingerprint density at radius 1 is 1.21 bits per heavy atom. The molecule has 1 aromatic carbocycles. The highest BCUT2D eigenvalue weighted by molar-refractivity contribution is 7.89. The second-order valence-corrected chi connectivity index (χ2v) is 8.51. The SMILES string of the molecule is CCN(CC(=O)NC1CCCCC1)S(=O)(=O)c1cc(C)ccc1C. The lowest BCUT2D eigenvalue weighted by Crippen LogP contribution is -2.44. The summed E-state index contributed by atoms with van der Waals surface area (Å²) in [5, 5.41) is 2.99. The quantitative estimate of drug-likeness (QED) is 0.856. The second kappa shape index (κ2) is 8.12. The van der Waals surface area contributed by atoms with Gasteiger partial charge in [0, 0.05) is 12.6 Å². The van der Waals surface area contributed by atoms with Crippen LogP contribution in [0.2, 0.25) is 0 Å². The minimum atomic E-state index is -3.67. The van der Waals surface area contributed by atoms with Crippen LogP contribution in [0, 0.1) is 13.8 Å². The van der Waals surface area contributed by atoms with Gasteiger partial charge in [-0.1, -0.05) is 38.3 Å². The molecule has 0 heterocycles. The molecule has 1 fully saturated rings. The second-order valence-electron chi connectivity index (χ2n) is 6.60. The van der Waals surface area contributed by atoms with Crippen LogP contribution in [0.15, 0.2) is 23.1 Å². The number of rotatable bonds is 6. The number of carbonyl (C=O) groups excluding carboxylic acids is 1. The molecule has 134 valence electrons. The van der Waals surface area contributed by atoms with E-state index in [0.717, 1.165) is 31.2 Å². The monoisotopic (exact) mass is 352 g/mol. The summed E-state index contributed by atoms with van der Waals surface area (Å²) in [6, 6.07) is 5.55. The van der Waals surface area contributed by atoms with Crippen molar-refractivity contribution >= 4 is 15.9 Å². The Kier molecular flexibility index (Phi) is 6.40. The molecule has 5 nitrogen and oxygen atoms in total. The van der Waals surface area contributed by atoms with Gasteiger partial charge in [-0.15, -0.1) is 0 Å². The normalized spacial score (nSPS) is 16.3. The summed E-state index contributed by atoms with van der Waals surface area (Å²) in [6.45, 7) is 5.56. The van der Waals surface area contributed by atoms with E-state index in [1.165, 1.54) is 10.7 Å². The van der Waals surface area contributed by atoms with Crippen molar-refractivity contribution in [1.82, 2.24) is 9.62 Å². The maximum absolute atomic E-state index is 12.9. The molecule has 0 radical (unpaired) electrons. The highest BCUT2D eigenvalue weighted by Crippen LogP contribution is 2.21. The summed E-state index contributed by atoms with van der Waals surface area (Å²) >= 11 is 0. The first kappa shape index (κ1) is 18.9. The first-order valence-electron chi connectivity index (χ1n) is 8.71. The molecule has 1 aromatic rings. The highest BCUT2D eigenvalue weighted by atomic mass is 32.2. The Bertz CT molecular complexity index is 680. The van der Waals surface area contributed by atoms with E-state index in [2.05, 4.69) is 5.32 Å². The minimum Gasteiger partial charge on any atom is -0.352 e. The molecule has 1 aliphatic rings. The van der Waals surface area contributed by atoms with Gasteiger partial charge in [0.05, 0.1) is 11.4 Å². The molecule has 1 N–H and O–H groups in total. The Morgan fingerprint density at radius 3 is 2.50 bits per heavy atom. The van der Waals surface area contributed by atoms with Crippen LogP contribution in [-0.2, 0) is 14.8 Å². The molecule has 0 aliphatic heterocycles. The van der Waals surface area contributed by atoms with Crippen molar-refractivity contribution in [3.05, 3.63) is 29.3 Å². The summed E-state index contributed by atoms with van der Waals surface area (Å²) in [5.41, 5.74) is 1.59. The van der Waals surface area contributed by atoms with E-state index in [1.54, 1.807) is 26.0 Å². The van der Waals surface area contributed by atoms with E-state index < -0.39 is 10.0 Å². The number of sulfonamides is 1. The number of likely N-dealkylation sites (N-methyl/N-ethyl adjacent to an activating group) is 1. The molecular formula is C18H28N2O3S. The predicted molar refractivity (Wildman–Crippen MR) is 95.4 cm³/mol. The number of benzene rings is 1. The molecule has 6 heteroatoms. The Balaban J connectivity index is 2.11. The standard InChI is InChI=1S/C18H28N2O3S/c1-4-20(13-18(21)19-16-8-6-5-7-9-16)24(22,23)17-12-14(2)10-11-15(17)3/h10-12,16H,4-9,13H2,1-3H3,(H,19,21). The van der Waals surface area contributed by atoms with Crippen molar-refractivity contribution in [2.45, 2.75) is 63.8 Å². The van der Waals surface area contributed by atoms with Crippen LogP contribution in [0.5, 0.6) is 0 Å². The third kappa shape index (κ3) is 4.57. The summed E-state index contributed by atoms with van der Waals surface area (Å²) in [5.74, 6) is -0.211. The molecule has 0 atom stereocenters. The highest BCUT2D eigenvalue weighted by Gasteiger charge is 2.27. The van der Waals surface area contributed by atoms with Crippen LogP contribution in [0.4, 0.5) is 0 Å². The van der Waals surface area contributed by atoms with Gasteiger partial charge in [-0.2, -0.15) is 4.31 Å². The van der Waals surface area contributed by atoms with Gasteiger partial charge in [0.15, 0.2) is 0 Å². The number of hydrogen-bond acceptors (Lipinski definition) is 3. The lowest BCUT2D eigenvalue weighted by atomic mass is 9.95. The average Bonchev–Trinajstić information content (AvgIpc) is 2.55. The molecule has 0 bridgehead atoms. The van der Waals surface area contributed by atoms with Gasteiger partial charge < -0.3 is 5.32 Å². The van der Waals surface area contributed by atoms with Gasteiger partial charge in [-0.05, 0) is 43.9 Å². The predicted octanol–water partition coefficient (Wildman–Crippen LogP) is 2.76. The Morgan fingerprint density at radius 2 is 1.88 bits per heavy atom. The third-order valence-corrected chi connectivity index (χ3v) is 6.67. The summed E-state index contributed by atoms with van der Waals surface area (Å²) in [6.07, 6.45) is 5.45. The third-order valence-electron chi connectivity index (χ3n) is 4.60. The molecular weight excluding hydrogens is 324 g/mol. The lowest BCUT2D eigenvalue weighted by Gasteiger charge is -2.25. The molecule has 2 rings (SSSR count). The van der Waals surface area contributed by atoms with Gasteiger partial charge in [0.25, 0.3) is 0 Å². The fourth-order valence-electron chi connectivity index (χ4n) is 3.17. The molecule has 0 spiro atoms. The van der Waals surface area contributed by atoms with Crippen molar-refractivity contribution in [3.8, 4) is 0 Å². The largest absolute Gasteiger partial charge is 0.352 e.